The molecule has 0 atom stereocenters. The van der Waals surface area contributed by atoms with Gasteiger partial charge in [-0.25, -0.2) is 9.07 Å². The zero-order valence-electron chi connectivity index (χ0n) is 15.3. The Morgan fingerprint density at radius 1 is 1.07 bits per heavy atom. The molecule has 0 aliphatic heterocycles. The first-order valence-electron chi connectivity index (χ1n) is 9.04. The van der Waals surface area contributed by atoms with Crippen LogP contribution in [0.3, 0.4) is 0 Å². The Kier molecular flexibility index (Phi) is 5.15. The first-order valence-corrected chi connectivity index (χ1v) is 9.04. The zero-order valence-corrected chi connectivity index (χ0v) is 15.3. The van der Waals surface area contributed by atoms with Crippen molar-refractivity contribution in [2.75, 3.05) is 6.54 Å². The predicted molar refractivity (Wildman–Crippen MR) is 105 cm³/mol. The average Bonchev–Trinajstić information content (AvgIpc) is 3.13. The smallest absolute Gasteiger partial charge is 0.266 e. The topological polar surface area (TPSA) is 90.0 Å². The van der Waals surface area contributed by atoms with E-state index in [0.717, 1.165) is 5.39 Å². The summed E-state index contributed by atoms with van der Waals surface area (Å²) < 4.78 is 19.5. The molecule has 0 aliphatic carbocycles. The molecule has 0 spiro atoms. The van der Waals surface area contributed by atoms with E-state index in [0.29, 0.717) is 22.5 Å². The highest BCUT2D eigenvalue weighted by atomic mass is 19.1. The Balaban J connectivity index is 1.38. The van der Waals surface area contributed by atoms with Crippen molar-refractivity contribution in [1.29, 1.82) is 0 Å². The van der Waals surface area contributed by atoms with Gasteiger partial charge in [-0.1, -0.05) is 17.3 Å². The van der Waals surface area contributed by atoms with E-state index in [1.54, 1.807) is 24.3 Å². The van der Waals surface area contributed by atoms with Gasteiger partial charge in [-0.05, 0) is 42.5 Å². The van der Waals surface area contributed by atoms with E-state index in [1.165, 1.54) is 22.9 Å². The third-order valence-electron chi connectivity index (χ3n) is 4.43. The molecule has 4 aromatic rings. The summed E-state index contributed by atoms with van der Waals surface area (Å²) in [6.45, 7) is 0.438. The molecule has 4 rings (SSSR count). The van der Waals surface area contributed by atoms with Crippen LogP contribution in [0.2, 0.25) is 0 Å². The number of aromatic nitrogens is 3. The van der Waals surface area contributed by atoms with E-state index in [1.807, 2.05) is 18.2 Å². The van der Waals surface area contributed by atoms with Crippen molar-refractivity contribution in [3.8, 4) is 11.3 Å². The van der Waals surface area contributed by atoms with E-state index < -0.39 is 0 Å². The van der Waals surface area contributed by atoms with E-state index in [9.17, 15) is 14.0 Å². The summed E-state index contributed by atoms with van der Waals surface area (Å²) in [6, 6.07) is 16.2. The van der Waals surface area contributed by atoms with Gasteiger partial charge in [-0.2, -0.15) is 5.10 Å². The van der Waals surface area contributed by atoms with Crippen LogP contribution >= 0.6 is 0 Å². The van der Waals surface area contributed by atoms with Crippen LogP contribution in [0.15, 0.2) is 70.0 Å². The van der Waals surface area contributed by atoms with Crippen molar-refractivity contribution in [2.45, 2.75) is 13.0 Å². The highest BCUT2D eigenvalue weighted by Gasteiger charge is 2.12. The molecule has 0 radical (unpaired) electrons. The predicted octanol–water partition coefficient (Wildman–Crippen LogP) is 2.55. The van der Waals surface area contributed by atoms with Crippen molar-refractivity contribution in [1.82, 2.24) is 20.3 Å². The van der Waals surface area contributed by atoms with Gasteiger partial charge in [0.15, 0.2) is 5.58 Å². The molecule has 2 heterocycles. The van der Waals surface area contributed by atoms with Crippen molar-refractivity contribution in [3.63, 3.8) is 0 Å². The van der Waals surface area contributed by atoms with Gasteiger partial charge in [0.05, 0.1) is 18.7 Å². The highest BCUT2D eigenvalue weighted by molar-refractivity contribution is 5.86. The number of hydrogen-bond donors (Lipinski definition) is 1. The summed E-state index contributed by atoms with van der Waals surface area (Å²) in [5.74, 6) is -0.573. The second-order valence-electron chi connectivity index (χ2n) is 6.44. The van der Waals surface area contributed by atoms with Gasteiger partial charge in [0.2, 0.25) is 5.91 Å². The molecule has 0 saturated heterocycles. The third-order valence-corrected chi connectivity index (χ3v) is 4.43. The number of benzene rings is 2. The number of amides is 1. The van der Waals surface area contributed by atoms with Gasteiger partial charge in [0.25, 0.3) is 5.56 Å². The lowest BCUT2D eigenvalue weighted by molar-refractivity contribution is -0.120. The summed E-state index contributed by atoms with van der Waals surface area (Å²) >= 11 is 0. The maximum Gasteiger partial charge on any atom is 0.266 e. The second-order valence-corrected chi connectivity index (χ2v) is 6.44. The monoisotopic (exact) mass is 392 g/mol. The van der Waals surface area contributed by atoms with Crippen molar-refractivity contribution < 1.29 is 13.7 Å². The number of para-hydroxylation sites is 1. The lowest BCUT2D eigenvalue weighted by atomic mass is 10.1. The number of nitrogens with zero attached hydrogens (tertiary/aromatic N) is 3. The number of nitrogens with one attached hydrogen (secondary N) is 1. The third kappa shape index (κ3) is 4.21. The van der Waals surface area contributed by atoms with Crippen LogP contribution in [0.25, 0.3) is 22.2 Å². The molecule has 0 unspecified atom stereocenters. The molecule has 29 heavy (non-hydrogen) atoms. The van der Waals surface area contributed by atoms with Crippen LogP contribution < -0.4 is 10.9 Å². The summed E-state index contributed by atoms with van der Waals surface area (Å²) in [6.07, 6.45) is 0.0783. The first-order chi connectivity index (χ1) is 14.1. The minimum absolute atomic E-state index is 0.0783. The van der Waals surface area contributed by atoms with E-state index in [-0.39, 0.29) is 36.8 Å². The van der Waals surface area contributed by atoms with Crippen LogP contribution in [0.5, 0.6) is 0 Å². The van der Waals surface area contributed by atoms with Gasteiger partial charge < -0.3 is 9.84 Å². The normalized spacial score (nSPS) is 10.9. The minimum Gasteiger partial charge on any atom is -0.356 e. The fourth-order valence-corrected chi connectivity index (χ4v) is 2.97. The molecular formula is C21H17FN4O3. The summed E-state index contributed by atoms with van der Waals surface area (Å²) in [5, 5.41) is 11.8. The molecule has 146 valence electrons. The molecule has 0 fully saturated rings. The highest BCUT2D eigenvalue weighted by Crippen LogP contribution is 2.18. The fourth-order valence-electron chi connectivity index (χ4n) is 2.97. The summed E-state index contributed by atoms with van der Waals surface area (Å²) in [4.78, 5) is 24.3. The van der Waals surface area contributed by atoms with E-state index >= 15 is 0 Å². The van der Waals surface area contributed by atoms with Crippen molar-refractivity contribution in [2.24, 2.45) is 0 Å². The SMILES string of the molecule is O=C(Cc1noc2ccccc12)NCCn1nc(-c2ccc(F)cc2)ccc1=O. The molecular weight excluding hydrogens is 375 g/mol. The number of fused-ring (bicyclic) bond motifs is 1. The molecule has 2 aromatic carbocycles. The average molecular weight is 392 g/mol. The van der Waals surface area contributed by atoms with E-state index in [4.69, 9.17) is 4.52 Å². The van der Waals surface area contributed by atoms with Crippen LogP contribution in [-0.2, 0) is 17.8 Å². The zero-order chi connectivity index (χ0) is 20.2. The fraction of sp³-hybridized carbons (Fsp3) is 0.143. The molecule has 8 heteroatoms. The molecule has 2 aromatic heterocycles. The Hall–Kier alpha value is -3.81. The van der Waals surface area contributed by atoms with Crippen LogP contribution in [0.1, 0.15) is 5.69 Å². The summed E-state index contributed by atoms with van der Waals surface area (Å²) in [7, 11) is 0. The minimum atomic E-state index is -0.343. The quantitative estimate of drug-likeness (QED) is 0.545. The number of rotatable bonds is 6. The van der Waals surface area contributed by atoms with Gasteiger partial charge in [-0.3, -0.25) is 9.59 Å². The Bertz CT molecular complexity index is 1210. The van der Waals surface area contributed by atoms with Crippen LogP contribution in [0.4, 0.5) is 4.39 Å². The number of hydrogen-bond acceptors (Lipinski definition) is 5. The first kappa shape index (κ1) is 18.5. The number of carbonyl (C=O) groups is 1. The standard InChI is InChI=1S/C21H17FN4O3/c22-15-7-5-14(6-8-15)17-9-10-21(28)26(24-17)12-11-23-20(27)13-18-16-3-1-2-4-19(16)29-25-18/h1-10H,11-13H2,(H,23,27). The maximum absolute atomic E-state index is 13.1. The van der Waals surface area contributed by atoms with Gasteiger partial charge in [0.1, 0.15) is 11.5 Å². The van der Waals surface area contributed by atoms with Crippen molar-refractivity contribution in [3.05, 3.63) is 82.5 Å². The molecule has 0 aliphatic rings. The lowest BCUT2D eigenvalue weighted by Crippen LogP contribution is -2.32. The number of halogens is 1. The largest absolute Gasteiger partial charge is 0.356 e. The molecule has 1 amide bonds. The van der Waals surface area contributed by atoms with E-state index in [2.05, 4.69) is 15.6 Å². The lowest BCUT2D eigenvalue weighted by Gasteiger charge is -2.08. The molecule has 7 nitrogen and oxygen atoms in total. The van der Waals surface area contributed by atoms with Gasteiger partial charge in [-0.15, -0.1) is 0 Å². The van der Waals surface area contributed by atoms with Gasteiger partial charge >= 0.3 is 0 Å². The summed E-state index contributed by atoms with van der Waals surface area (Å²) in [5.41, 5.74) is 2.15. The molecule has 0 bridgehead atoms. The van der Waals surface area contributed by atoms with Gasteiger partial charge in [0, 0.05) is 23.6 Å². The maximum atomic E-state index is 13.1. The Morgan fingerprint density at radius 2 is 1.86 bits per heavy atom. The van der Waals surface area contributed by atoms with Crippen LogP contribution in [0, 0.1) is 5.82 Å². The van der Waals surface area contributed by atoms with Crippen LogP contribution in [-0.4, -0.2) is 27.4 Å². The molecule has 1 N–H and O–H groups in total. The Morgan fingerprint density at radius 3 is 2.69 bits per heavy atom. The molecule has 0 saturated carbocycles. The Labute approximate surface area is 164 Å². The second kappa shape index (κ2) is 8.05. The van der Waals surface area contributed by atoms with Crippen molar-refractivity contribution >= 4 is 16.9 Å². The number of carbonyl (C=O) groups excluding carboxylic acids is 1.